The maximum Gasteiger partial charge on any atom is 0.178 e. The zero-order valence-corrected chi connectivity index (χ0v) is 12.5. The van der Waals surface area contributed by atoms with Crippen LogP contribution in [-0.2, 0) is 9.84 Å². The van der Waals surface area contributed by atoms with E-state index < -0.39 is 9.84 Å². The highest BCUT2D eigenvalue weighted by molar-refractivity contribution is 7.91. The van der Waals surface area contributed by atoms with Gasteiger partial charge in [0.05, 0.1) is 10.6 Å². The minimum atomic E-state index is -3.10. The molecule has 1 rings (SSSR count). The van der Waals surface area contributed by atoms with Gasteiger partial charge in [0.1, 0.15) is 0 Å². The van der Waals surface area contributed by atoms with E-state index in [4.69, 9.17) is 0 Å². The molecule has 1 aromatic carbocycles. The molecule has 4 heteroatoms. The van der Waals surface area contributed by atoms with Crippen molar-refractivity contribution in [2.75, 3.05) is 17.6 Å². The number of benzene rings is 1. The van der Waals surface area contributed by atoms with E-state index in [-0.39, 0.29) is 11.2 Å². The highest BCUT2D eigenvalue weighted by Gasteiger charge is 2.13. The van der Waals surface area contributed by atoms with Crippen LogP contribution in [0.5, 0.6) is 0 Å². The number of anilines is 1. The maximum atomic E-state index is 11.8. The molecule has 102 valence electrons. The largest absolute Gasteiger partial charge is 0.385 e. The first-order chi connectivity index (χ1) is 8.24. The average molecular weight is 269 g/mol. The van der Waals surface area contributed by atoms with Gasteiger partial charge in [-0.1, -0.05) is 27.7 Å². The quantitative estimate of drug-likeness (QED) is 0.892. The van der Waals surface area contributed by atoms with Crippen LogP contribution in [0, 0.1) is 5.41 Å². The average Bonchev–Trinajstić information content (AvgIpc) is 2.26. The van der Waals surface area contributed by atoms with E-state index in [1.165, 1.54) is 0 Å². The zero-order valence-electron chi connectivity index (χ0n) is 11.7. The van der Waals surface area contributed by atoms with Crippen molar-refractivity contribution in [3.05, 3.63) is 24.3 Å². The van der Waals surface area contributed by atoms with E-state index in [1.807, 2.05) is 19.1 Å². The molecular formula is C14H23NO2S. The fourth-order valence-corrected chi connectivity index (χ4v) is 2.86. The summed E-state index contributed by atoms with van der Waals surface area (Å²) in [7, 11) is -3.10. The highest BCUT2D eigenvalue weighted by atomic mass is 32.2. The molecule has 0 fully saturated rings. The fourth-order valence-electron chi connectivity index (χ4n) is 1.53. The molecule has 0 saturated heterocycles. The van der Waals surface area contributed by atoms with E-state index in [0.717, 1.165) is 12.2 Å². The van der Waals surface area contributed by atoms with Gasteiger partial charge in [0.2, 0.25) is 0 Å². The second kappa shape index (κ2) is 5.74. The van der Waals surface area contributed by atoms with Crippen LogP contribution >= 0.6 is 0 Å². The molecule has 0 bridgehead atoms. The smallest absolute Gasteiger partial charge is 0.178 e. The molecule has 18 heavy (non-hydrogen) atoms. The van der Waals surface area contributed by atoms with Crippen molar-refractivity contribution in [2.24, 2.45) is 5.41 Å². The van der Waals surface area contributed by atoms with E-state index in [9.17, 15) is 8.42 Å². The third-order valence-electron chi connectivity index (χ3n) is 2.51. The number of sulfone groups is 1. The number of nitrogens with one attached hydrogen (secondary N) is 1. The van der Waals surface area contributed by atoms with Crippen LogP contribution in [0.15, 0.2) is 29.2 Å². The highest BCUT2D eigenvalue weighted by Crippen LogP contribution is 2.18. The van der Waals surface area contributed by atoms with Crippen LogP contribution in [0.25, 0.3) is 0 Å². The summed E-state index contributed by atoms with van der Waals surface area (Å²) in [5.41, 5.74) is 1.16. The van der Waals surface area contributed by atoms with Crippen molar-refractivity contribution < 1.29 is 8.42 Å². The Hall–Kier alpha value is -1.03. The number of hydrogen-bond acceptors (Lipinski definition) is 3. The molecule has 0 radical (unpaired) electrons. The Labute approximate surface area is 111 Å². The minimum absolute atomic E-state index is 0.201. The Bertz CT molecular complexity index is 470. The van der Waals surface area contributed by atoms with Gasteiger partial charge in [-0.25, -0.2) is 8.42 Å². The second-order valence-corrected chi connectivity index (χ2v) is 7.87. The van der Waals surface area contributed by atoms with Gasteiger partial charge in [-0.05, 0) is 36.1 Å². The molecule has 0 heterocycles. The standard InChI is InChI=1S/C14H23NO2S/c1-5-10-18(16,17)13-8-6-12(7-9-13)15-11-14(2,3)4/h6-9,15H,5,10-11H2,1-4H3. The molecule has 0 aliphatic heterocycles. The van der Waals surface area contributed by atoms with Crippen molar-refractivity contribution in [1.82, 2.24) is 0 Å². The lowest BCUT2D eigenvalue weighted by Crippen LogP contribution is -2.19. The predicted octanol–water partition coefficient (Wildman–Crippen LogP) is 3.33. The lowest BCUT2D eigenvalue weighted by molar-refractivity contribution is 0.443. The van der Waals surface area contributed by atoms with Gasteiger partial charge >= 0.3 is 0 Å². The summed E-state index contributed by atoms with van der Waals surface area (Å²) in [6.45, 7) is 9.19. The lowest BCUT2D eigenvalue weighted by Gasteiger charge is -2.19. The van der Waals surface area contributed by atoms with E-state index in [2.05, 4.69) is 26.1 Å². The van der Waals surface area contributed by atoms with Gasteiger partial charge in [0.25, 0.3) is 0 Å². The van der Waals surface area contributed by atoms with Gasteiger partial charge in [-0.15, -0.1) is 0 Å². The van der Waals surface area contributed by atoms with Gasteiger partial charge in [-0.2, -0.15) is 0 Å². The molecule has 0 aromatic heterocycles. The molecule has 3 nitrogen and oxygen atoms in total. The van der Waals surface area contributed by atoms with Gasteiger partial charge in [0, 0.05) is 12.2 Å². The first kappa shape index (κ1) is 15.0. The molecule has 0 aliphatic rings. The molecule has 0 saturated carbocycles. The van der Waals surface area contributed by atoms with Crippen molar-refractivity contribution in [2.45, 2.75) is 39.0 Å². The van der Waals surface area contributed by atoms with Crippen molar-refractivity contribution in [3.8, 4) is 0 Å². The first-order valence-electron chi connectivity index (χ1n) is 6.31. The molecule has 1 N–H and O–H groups in total. The monoisotopic (exact) mass is 269 g/mol. The Balaban J connectivity index is 2.75. The second-order valence-electron chi connectivity index (χ2n) is 5.76. The van der Waals surface area contributed by atoms with Gasteiger partial charge in [0.15, 0.2) is 9.84 Å². The Morgan fingerprint density at radius 2 is 1.67 bits per heavy atom. The van der Waals surface area contributed by atoms with E-state index >= 15 is 0 Å². The van der Waals surface area contributed by atoms with Crippen molar-refractivity contribution >= 4 is 15.5 Å². The minimum Gasteiger partial charge on any atom is -0.385 e. The van der Waals surface area contributed by atoms with Crippen LogP contribution in [0.2, 0.25) is 0 Å². The zero-order chi connectivity index (χ0) is 13.8. The number of rotatable bonds is 5. The third-order valence-corrected chi connectivity index (χ3v) is 4.45. The normalized spacial score (nSPS) is 12.4. The lowest BCUT2D eigenvalue weighted by atomic mass is 9.97. The van der Waals surface area contributed by atoms with E-state index in [1.54, 1.807) is 12.1 Å². The summed E-state index contributed by atoms with van der Waals surface area (Å²) < 4.78 is 23.7. The molecule has 0 unspecified atom stereocenters. The summed E-state index contributed by atoms with van der Waals surface area (Å²) in [6, 6.07) is 7.01. The van der Waals surface area contributed by atoms with Crippen molar-refractivity contribution in [3.63, 3.8) is 0 Å². The summed E-state index contributed by atoms with van der Waals surface area (Å²) in [4.78, 5) is 0.408. The summed E-state index contributed by atoms with van der Waals surface area (Å²) >= 11 is 0. The predicted molar refractivity (Wildman–Crippen MR) is 76.7 cm³/mol. The summed E-state index contributed by atoms with van der Waals surface area (Å²) in [6.07, 6.45) is 0.645. The molecule has 0 amide bonds. The molecule has 1 aromatic rings. The molecular weight excluding hydrogens is 246 g/mol. The van der Waals surface area contributed by atoms with Crippen LogP contribution in [-0.4, -0.2) is 20.7 Å². The first-order valence-corrected chi connectivity index (χ1v) is 7.96. The third kappa shape index (κ3) is 4.69. The summed E-state index contributed by atoms with van der Waals surface area (Å²) in [5, 5.41) is 3.30. The molecule has 0 atom stereocenters. The van der Waals surface area contributed by atoms with Crippen molar-refractivity contribution in [1.29, 1.82) is 0 Å². The Morgan fingerprint density at radius 3 is 2.11 bits per heavy atom. The fraction of sp³-hybridized carbons (Fsp3) is 0.571. The van der Waals surface area contributed by atoms with Crippen LogP contribution in [0.3, 0.4) is 0 Å². The number of hydrogen-bond donors (Lipinski definition) is 1. The van der Waals surface area contributed by atoms with Gasteiger partial charge in [-0.3, -0.25) is 0 Å². The van der Waals surface area contributed by atoms with Gasteiger partial charge < -0.3 is 5.32 Å². The molecule has 0 aliphatic carbocycles. The van der Waals surface area contributed by atoms with Crippen LogP contribution in [0.4, 0.5) is 5.69 Å². The topological polar surface area (TPSA) is 46.2 Å². The maximum absolute atomic E-state index is 11.8. The van der Waals surface area contributed by atoms with Crippen LogP contribution < -0.4 is 5.32 Å². The Morgan fingerprint density at radius 1 is 1.11 bits per heavy atom. The Kier molecular flexibility index (Phi) is 4.79. The summed E-state index contributed by atoms with van der Waals surface area (Å²) in [5.74, 6) is 0.210. The van der Waals surface area contributed by atoms with E-state index in [0.29, 0.717) is 11.3 Å². The molecule has 0 spiro atoms. The SMILES string of the molecule is CCCS(=O)(=O)c1ccc(NCC(C)(C)C)cc1. The van der Waals surface area contributed by atoms with Crippen LogP contribution in [0.1, 0.15) is 34.1 Å².